The van der Waals surface area contributed by atoms with Gasteiger partial charge in [0, 0.05) is 18.9 Å². The summed E-state index contributed by atoms with van der Waals surface area (Å²) in [5.41, 5.74) is 0.214. The van der Waals surface area contributed by atoms with E-state index in [0.29, 0.717) is 0 Å². The van der Waals surface area contributed by atoms with Crippen molar-refractivity contribution in [1.82, 2.24) is 9.78 Å². The molecule has 0 unspecified atom stereocenters. The number of aromatic nitrogens is 2. The Morgan fingerprint density at radius 3 is 2.89 bits per heavy atom. The van der Waals surface area contributed by atoms with Crippen LogP contribution in [0.1, 0.15) is 25.7 Å². The van der Waals surface area contributed by atoms with Gasteiger partial charge in [-0.25, -0.2) is 4.68 Å². The number of aryl methyl sites for hydroxylation is 1. The number of methoxy groups -OCH3 is 1. The average molecular weight is 266 g/mol. The molecule has 1 saturated carbocycles. The number of anilines is 1. The topological polar surface area (TPSA) is 51.4 Å². The predicted molar refractivity (Wildman–Crippen MR) is 74.5 cm³/mol. The van der Waals surface area contributed by atoms with Gasteiger partial charge >= 0.3 is 0 Å². The second kappa shape index (κ2) is 4.50. The predicted octanol–water partition coefficient (Wildman–Crippen LogP) is 2.26. The molecule has 6 heteroatoms. The van der Waals surface area contributed by atoms with E-state index in [2.05, 4.69) is 10.4 Å². The Balaban J connectivity index is 1.73. The van der Waals surface area contributed by atoms with Crippen molar-refractivity contribution >= 4 is 22.7 Å². The molecule has 1 spiro atoms. The van der Waals surface area contributed by atoms with Crippen molar-refractivity contribution in [1.29, 1.82) is 0 Å². The number of ether oxygens (including phenoxy) is 1. The maximum atomic E-state index is 5.20. The summed E-state index contributed by atoms with van der Waals surface area (Å²) in [6, 6.07) is 1.89. The van der Waals surface area contributed by atoms with Crippen LogP contribution in [0, 0.1) is 0 Å². The van der Waals surface area contributed by atoms with Crippen LogP contribution in [-0.2, 0) is 7.05 Å². The molecular formula is C12H18N4OS. The number of hydrogen-bond donors (Lipinski definition) is 1. The molecule has 0 saturated heterocycles. The third-order valence-electron chi connectivity index (χ3n) is 3.63. The van der Waals surface area contributed by atoms with E-state index in [-0.39, 0.29) is 5.54 Å². The van der Waals surface area contributed by atoms with Gasteiger partial charge in [0.2, 0.25) is 5.88 Å². The first-order chi connectivity index (χ1) is 8.71. The zero-order valence-corrected chi connectivity index (χ0v) is 11.6. The molecule has 0 amide bonds. The van der Waals surface area contributed by atoms with Crippen molar-refractivity contribution in [2.24, 2.45) is 12.0 Å². The van der Waals surface area contributed by atoms with Crippen LogP contribution in [0.2, 0.25) is 0 Å². The highest BCUT2D eigenvalue weighted by Crippen LogP contribution is 2.41. The van der Waals surface area contributed by atoms with Crippen molar-refractivity contribution in [3.63, 3.8) is 0 Å². The van der Waals surface area contributed by atoms with Crippen molar-refractivity contribution in [2.75, 3.05) is 18.2 Å². The Kier molecular flexibility index (Phi) is 2.97. The van der Waals surface area contributed by atoms with Crippen molar-refractivity contribution in [3.05, 3.63) is 6.07 Å². The number of rotatable bonds is 2. The quantitative estimate of drug-likeness (QED) is 0.892. The van der Waals surface area contributed by atoms with Gasteiger partial charge in [0.1, 0.15) is 0 Å². The molecule has 1 aromatic rings. The van der Waals surface area contributed by atoms with Gasteiger partial charge < -0.3 is 10.1 Å². The van der Waals surface area contributed by atoms with E-state index in [1.807, 2.05) is 13.1 Å². The van der Waals surface area contributed by atoms with Gasteiger partial charge in [0.15, 0.2) is 11.0 Å². The molecule has 18 heavy (non-hydrogen) atoms. The molecular weight excluding hydrogens is 248 g/mol. The highest BCUT2D eigenvalue weighted by Gasteiger charge is 2.38. The SMILES string of the molecule is COc1cc(NC2=NC3(CCCC3)CS2)nn1C. The fraction of sp³-hybridized carbons (Fsp3) is 0.667. The lowest BCUT2D eigenvalue weighted by atomic mass is 10.0. The lowest BCUT2D eigenvalue weighted by molar-refractivity contribution is 0.373. The van der Waals surface area contributed by atoms with Crippen LogP contribution in [0.4, 0.5) is 5.82 Å². The minimum Gasteiger partial charge on any atom is -0.481 e. The van der Waals surface area contributed by atoms with Crippen LogP contribution in [-0.4, -0.2) is 33.3 Å². The molecule has 3 rings (SSSR count). The lowest BCUT2D eigenvalue weighted by Crippen LogP contribution is -2.21. The molecule has 1 aliphatic heterocycles. The van der Waals surface area contributed by atoms with Crippen LogP contribution in [0.5, 0.6) is 5.88 Å². The largest absolute Gasteiger partial charge is 0.481 e. The minimum absolute atomic E-state index is 0.214. The molecule has 0 aromatic carbocycles. The first-order valence-electron chi connectivity index (χ1n) is 6.28. The molecule has 1 N–H and O–H groups in total. The van der Waals surface area contributed by atoms with Crippen molar-refractivity contribution in [2.45, 2.75) is 31.2 Å². The van der Waals surface area contributed by atoms with E-state index in [1.165, 1.54) is 25.7 Å². The maximum absolute atomic E-state index is 5.20. The smallest absolute Gasteiger partial charge is 0.213 e. The van der Waals surface area contributed by atoms with E-state index in [9.17, 15) is 0 Å². The Bertz CT molecular complexity index is 476. The van der Waals surface area contributed by atoms with Crippen LogP contribution in [0.3, 0.4) is 0 Å². The van der Waals surface area contributed by atoms with Gasteiger partial charge in [0.25, 0.3) is 0 Å². The second-order valence-corrected chi connectivity index (χ2v) is 5.92. The fourth-order valence-electron chi connectivity index (χ4n) is 2.65. The summed E-state index contributed by atoms with van der Waals surface area (Å²) in [5.74, 6) is 2.66. The summed E-state index contributed by atoms with van der Waals surface area (Å²) in [7, 11) is 3.52. The number of aliphatic imine (C=N–C) groups is 1. The van der Waals surface area contributed by atoms with E-state index >= 15 is 0 Å². The Labute approximate surface area is 111 Å². The second-order valence-electron chi connectivity index (χ2n) is 4.96. The summed E-state index contributed by atoms with van der Waals surface area (Å²) in [5, 5.41) is 8.63. The summed E-state index contributed by atoms with van der Waals surface area (Å²) in [6.45, 7) is 0. The molecule has 0 bridgehead atoms. The maximum Gasteiger partial charge on any atom is 0.213 e. The fourth-order valence-corrected chi connectivity index (χ4v) is 3.84. The Morgan fingerprint density at radius 2 is 2.22 bits per heavy atom. The molecule has 2 aliphatic rings. The molecule has 98 valence electrons. The first-order valence-corrected chi connectivity index (χ1v) is 7.27. The average Bonchev–Trinajstić information content (AvgIpc) is 3.04. The number of amidine groups is 1. The molecule has 1 fully saturated rings. The normalized spacial score (nSPS) is 21.3. The van der Waals surface area contributed by atoms with Gasteiger partial charge in [-0.3, -0.25) is 4.99 Å². The molecule has 1 aromatic heterocycles. The molecule has 0 radical (unpaired) electrons. The highest BCUT2D eigenvalue weighted by molar-refractivity contribution is 8.14. The van der Waals surface area contributed by atoms with E-state index < -0.39 is 0 Å². The summed E-state index contributed by atoms with van der Waals surface area (Å²) >= 11 is 1.80. The first kappa shape index (κ1) is 11.9. The lowest BCUT2D eigenvalue weighted by Gasteiger charge is -2.16. The molecule has 1 aliphatic carbocycles. The van der Waals surface area contributed by atoms with E-state index in [4.69, 9.17) is 9.73 Å². The third kappa shape index (κ3) is 2.09. The monoisotopic (exact) mass is 266 g/mol. The van der Waals surface area contributed by atoms with Gasteiger partial charge in [-0.05, 0) is 12.8 Å². The van der Waals surface area contributed by atoms with Crippen LogP contribution < -0.4 is 10.1 Å². The van der Waals surface area contributed by atoms with E-state index in [1.54, 1.807) is 23.6 Å². The van der Waals surface area contributed by atoms with Gasteiger partial charge in [-0.15, -0.1) is 0 Å². The van der Waals surface area contributed by atoms with Crippen molar-refractivity contribution < 1.29 is 4.74 Å². The van der Waals surface area contributed by atoms with Gasteiger partial charge in [-0.2, -0.15) is 5.10 Å². The van der Waals surface area contributed by atoms with Crippen LogP contribution in [0.25, 0.3) is 0 Å². The third-order valence-corrected chi connectivity index (χ3v) is 4.78. The van der Waals surface area contributed by atoms with Crippen LogP contribution >= 0.6 is 11.8 Å². The standard InChI is InChI=1S/C12H18N4OS/c1-16-10(17-2)7-9(15-16)13-11-14-12(8-18-11)5-3-4-6-12/h7H,3-6,8H2,1-2H3,(H,13,14,15). The Morgan fingerprint density at radius 1 is 1.44 bits per heavy atom. The van der Waals surface area contributed by atoms with Crippen molar-refractivity contribution in [3.8, 4) is 5.88 Å². The zero-order valence-electron chi connectivity index (χ0n) is 10.8. The number of nitrogens with one attached hydrogen (secondary N) is 1. The molecule has 2 heterocycles. The highest BCUT2D eigenvalue weighted by atomic mass is 32.2. The zero-order chi connectivity index (χ0) is 12.6. The summed E-state index contributed by atoms with van der Waals surface area (Å²) < 4.78 is 6.91. The minimum atomic E-state index is 0.214. The molecule has 5 nitrogen and oxygen atoms in total. The number of hydrogen-bond acceptors (Lipinski definition) is 5. The molecule has 0 atom stereocenters. The van der Waals surface area contributed by atoms with E-state index in [0.717, 1.165) is 22.6 Å². The Hall–Kier alpha value is -1.17. The van der Waals surface area contributed by atoms with Crippen LogP contribution in [0.15, 0.2) is 11.1 Å². The summed E-state index contributed by atoms with van der Waals surface area (Å²) in [4.78, 5) is 4.86. The summed E-state index contributed by atoms with van der Waals surface area (Å²) in [6.07, 6.45) is 5.09. The number of thioether (sulfide) groups is 1. The van der Waals surface area contributed by atoms with Gasteiger partial charge in [0.05, 0.1) is 12.6 Å². The number of nitrogens with zero attached hydrogens (tertiary/aromatic N) is 3. The van der Waals surface area contributed by atoms with Gasteiger partial charge in [-0.1, -0.05) is 24.6 Å².